The SMILES string of the molecule is COC(=O)N(Cc1cc([N+](=O)[O-])cc([N+](=O)[O-])c1)[C@H]1C[C@@H](C)N(C(=O)O)c2cc(OC)c(OC)cc21. The normalized spacial score (nSPS) is 16.5. The molecule has 0 spiro atoms. The summed E-state index contributed by atoms with van der Waals surface area (Å²) in [5.41, 5.74) is -0.243. The van der Waals surface area contributed by atoms with Crippen LogP contribution in [0.3, 0.4) is 0 Å². The Hall–Kier alpha value is -4.62. The fraction of sp³-hybridized carbons (Fsp3) is 0.364. The van der Waals surface area contributed by atoms with Crippen molar-refractivity contribution in [2.45, 2.75) is 32.0 Å². The number of fused-ring (bicyclic) bond motifs is 1. The summed E-state index contributed by atoms with van der Waals surface area (Å²) < 4.78 is 15.6. The van der Waals surface area contributed by atoms with Crippen molar-refractivity contribution in [3.63, 3.8) is 0 Å². The zero-order chi connectivity index (χ0) is 26.7. The van der Waals surface area contributed by atoms with E-state index < -0.39 is 45.5 Å². The van der Waals surface area contributed by atoms with Crippen LogP contribution >= 0.6 is 0 Å². The van der Waals surface area contributed by atoms with Gasteiger partial charge < -0.3 is 19.3 Å². The van der Waals surface area contributed by atoms with Crippen molar-refractivity contribution in [3.05, 3.63) is 61.7 Å². The van der Waals surface area contributed by atoms with E-state index in [4.69, 9.17) is 14.2 Å². The van der Waals surface area contributed by atoms with E-state index in [2.05, 4.69) is 0 Å². The zero-order valence-electron chi connectivity index (χ0n) is 19.9. The van der Waals surface area contributed by atoms with Crippen molar-refractivity contribution in [1.29, 1.82) is 0 Å². The zero-order valence-corrected chi connectivity index (χ0v) is 19.9. The number of nitro groups is 2. The molecule has 3 rings (SSSR count). The van der Waals surface area contributed by atoms with Crippen molar-refractivity contribution in [2.75, 3.05) is 26.2 Å². The lowest BCUT2D eigenvalue weighted by Gasteiger charge is -2.42. The van der Waals surface area contributed by atoms with Gasteiger partial charge in [0, 0.05) is 29.8 Å². The highest BCUT2D eigenvalue weighted by molar-refractivity contribution is 5.90. The minimum absolute atomic E-state index is 0.122. The quantitative estimate of drug-likeness (QED) is 0.427. The van der Waals surface area contributed by atoms with Crippen LogP contribution in [0.15, 0.2) is 30.3 Å². The number of carbonyl (C=O) groups is 2. The molecule has 0 aromatic heterocycles. The van der Waals surface area contributed by atoms with E-state index in [1.165, 1.54) is 25.2 Å². The number of carboxylic acid groups (broad SMARTS) is 1. The van der Waals surface area contributed by atoms with Crippen molar-refractivity contribution >= 4 is 29.2 Å². The molecule has 0 saturated heterocycles. The lowest BCUT2D eigenvalue weighted by molar-refractivity contribution is -0.394. The molecule has 1 N–H and O–H groups in total. The summed E-state index contributed by atoms with van der Waals surface area (Å²) in [5.74, 6) is 0.561. The van der Waals surface area contributed by atoms with Gasteiger partial charge in [-0.2, -0.15) is 0 Å². The molecule has 36 heavy (non-hydrogen) atoms. The third-order valence-corrected chi connectivity index (χ3v) is 5.88. The molecular formula is C22H24N4O10. The summed E-state index contributed by atoms with van der Waals surface area (Å²) in [4.78, 5) is 48.5. The van der Waals surface area contributed by atoms with Gasteiger partial charge in [-0.15, -0.1) is 0 Å². The van der Waals surface area contributed by atoms with Crippen LogP contribution in [0.25, 0.3) is 0 Å². The third kappa shape index (κ3) is 4.92. The maximum Gasteiger partial charge on any atom is 0.412 e. The fourth-order valence-corrected chi connectivity index (χ4v) is 4.31. The second kappa shape index (κ2) is 10.3. The average molecular weight is 504 g/mol. The summed E-state index contributed by atoms with van der Waals surface area (Å²) in [5, 5.41) is 32.5. The fourth-order valence-electron chi connectivity index (χ4n) is 4.31. The first-order valence-electron chi connectivity index (χ1n) is 10.6. The molecule has 0 saturated carbocycles. The number of benzene rings is 2. The lowest BCUT2D eigenvalue weighted by Crippen LogP contribution is -2.47. The second-order valence-corrected chi connectivity index (χ2v) is 7.99. The predicted octanol–water partition coefficient (Wildman–Crippen LogP) is 4.11. The highest BCUT2D eigenvalue weighted by atomic mass is 16.6. The summed E-state index contributed by atoms with van der Waals surface area (Å²) in [6, 6.07) is 4.76. The van der Waals surface area contributed by atoms with Gasteiger partial charge in [0.05, 0.1) is 55.5 Å². The Labute approximate surface area is 204 Å². The Morgan fingerprint density at radius 2 is 1.58 bits per heavy atom. The number of amides is 2. The molecule has 2 aromatic carbocycles. The van der Waals surface area contributed by atoms with Crippen LogP contribution in [-0.2, 0) is 11.3 Å². The molecule has 2 amide bonds. The summed E-state index contributed by atoms with van der Waals surface area (Å²) >= 11 is 0. The maximum absolute atomic E-state index is 12.9. The van der Waals surface area contributed by atoms with Gasteiger partial charge in [0.15, 0.2) is 11.5 Å². The Balaban J connectivity index is 2.18. The van der Waals surface area contributed by atoms with Crippen LogP contribution in [0.1, 0.15) is 30.5 Å². The number of hydrogen-bond acceptors (Lipinski definition) is 9. The van der Waals surface area contributed by atoms with Crippen LogP contribution in [0.2, 0.25) is 0 Å². The Morgan fingerprint density at radius 1 is 1.03 bits per heavy atom. The summed E-state index contributed by atoms with van der Waals surface area (Å²) in [7, 11) is 3.95. The van der Waals surface area contributed by atoms with Crippen LogP contribution in [0.4, 0.5) is 26.7 Å². The molecule has 1 aliphatic rings. The number of rotatable bonds is 7. The van der Waals surface area contributed by atoms with E-state index in [0.717, 1.165) is 30.2 Å². The molecular weight excluding hydrogens is 480 g/mol. The smallest absolute Gasteiger partial charge is 0.412 e. The molecule has 192 valence electrons. The largest absolute Gasteiger partial charge is 0.493 e. The Bertz CT molecular complexity index is 1190. The van der Waals surface area contributed by atoms with Crippen molar-refractivity contribution in [2.24, 2.45) is 0 Å². The van der Waals surface area contributed by atoms with Gasteiger partial charge in [0.25, 0.3) is 11.4 Å². The monoisotopic (exact) mass is 504 g/mol. The van der Waals surface area contributed by atoms with Gasteiger partial charge in [-0.1, -0.05) is 0 Å². The number of ether oxygens (including phenoxy) is 3. The highest BCUT2D eigenvalue weighted by Crippen LogP contribution is 2.46. The first-order chi connectivity index (χ1) is 17.0. The highest BCUT2D eigenvalue weighted by Gasteiger charge is 2.40. The van der Waals surface area contributed by atoms with Gasteiger partial charge in [-0.25, -0.2) is 9.59 Å². The van der Waals surface area contributed by atoms with Crippen LogP contribution in [-0.4, -0.2) is 59.4 Å². The minimum Gasteiger partial charge on any atom is -0.493 e. The summed E-state index contributed by atoms with van der Waals surface area (Å²) in [6.07, 6.45) is -1.89. The predicted molar refractivity (Wildman–Crippen MR) is 125 cm³/mol. The first-order valence-corrected chi connectivity index (χ1v) is 10.6. The Kier molecular flexibility index (Phi) is 7.46. The number of nitro benzene ring substituents is 2. The number of nitrogens with zero attached hydrogens (tertiary/aromatic N) is 4. The van der Waals surface area contributed by atoms with E-state index >= 15 is 0 Å². The van der Waals surface area contributed by atoms with Crippen LogP contribution in [0, 0.1) is 20.2 Å². The molecule has 2 aromatic rings. The molecule has 1 aliphatic heterocycles. The number of anilines is 1. The lowest BCUT2D eigenvalue weighted by atomic mass is 9.90. The maximum atomic E-state index is 12.9. The molecule has 0 bridgehead atoms. The van der Waals surface area contributed by atoms with Gasteiger partial charge in [-0.3, -0.25) is 30.0 Å². The summed E-state index contributed by atoms with van der Waals surface area (Å²) in [6.45, 7) is 1.38. The van der Waals surface area contributed by atoms with Crippen LogP contribution < -0.4 is 14.4 Å². The van der Waals surface area contributed by atoms with E-state index in [-0.39, 0.29) is 35.7 Å². The van der Waals surface area contributed by atoms with Crippen molar-refractivity contribution < 1.29 is 38.8 Å². The Morgan fingerprint density at radius 3 is 2.06 bits per heavy atom. The van der Waals surface area contributed by atoms with Crippen molar-refractivity contribution in [1.82, 2.24) is 4.90 Å². The standard InChI is InChI=1S/C22H24N4O10/c1-12-5-17(16-9-19(34-2)20(35-3)10-18(16)24(12)21(27)28)23(22(29)36-4)11-13-6-14(25(30)31)8-15(7-13)26(32)33/h6-10,12,17H,5,11H2,1-4H3,(H,27,28)/t12-,17+/m1/s1. The minimum atomic E-state index is -1.21. The third-order valence-electron chi connectivity index (χ3n) is 5.88. The van der Waals surface area contributed by atoms with E-state index in [1.807, 2.05) is 0 Å². The number of methoxy groups -OCH3 is 3. The first kappa shape index (κ1) is 26.0. The van der Waals surface area contributed by atoms with E-state index in [0.29, 0.717) is 5.56 Å². The van der Waals surface area contributed by atoms with Gasteiger partial charge in [0.1, 0.15) is 0 Å². The molecule has 14 heteroatoms. The van der Waals surface area contributed by atoms with Crippen molar-refractivity contribution in [3.8, 4) is 11.5 Å². The van der Waals surface area contributed by atoms with Crippen LogP contribution in [0.5, 0.6) is 11.5 Å². The van der Waals surface area contributed by atoms with E-state index in [1.54, 1.807) is 13.0 Å². The molecule has 0 unspecified atom stereocenters. The number of carbonyl (C=O) groups excluding carboxylic acids is 1. The number of hydrogen-bond donors (Lipinski definition) is 1. The topological polar surface area (TPSA) is 175 Å². The molecule has 2 atom stereocenters. The second-order valence-electron chi connectivity index (χ2n) is 7.99. The molecule has 0 fully saturated rings. The molecule has 0 radical (unpaired) electrons. The van der Waals surface area contributed by atoms with Gasteiger partial charge >= 0.3 is 12.2 Å². The molecule has 1 heterocycles. The number of non-ortho nitro benzene ring substituents is 2. The average Bonchev–Trinajstić information content (AvgIpc) is 2.84. The van der Waals surface area contributed by atoms with Gasteiger partial charge in [0.2, 0.25) is 0 Å². The molecule has 14 nitrogen and oxygen atoms in total. The van der Waals surface area contributed by atoms with Gasteiger partial charge in [-0.05, 0) is 25.0 Å². The molecule has 0 aliphatic carbocycles. The van der Waals surface area contributed by atoms with E-state index in [9.17, 15) is 34.9 Å².